The van der Waals surface area contributed by atoms with Crippen LogP contribution in [0, 0.1) is 0 Å². The highest BCUT2D eigenvalue weighted by Gasteiger charge is 1.93. The molecule has 36 valence electrons. The van der Waals surface area contributed by atoms with Crippen LogP contribution in [-0.2, 0) is 6.13 Å². The van der Waals surface area contributed by atoms with Gasteiger partial charge in [0.25, 0.3) is 0 Å². The Bertz CT molecular complexity index is 46.8. The van der Waals surface area contributed by atoms with Gasteiger partial charge in [0.05, 0.1) is 0 Å². The van der Waals surface area contributed by atoms with Crippen molar-refractivity contribution in [1.29, 1.82) is 0 Å². The topological polar surface area (TPSA) is 35.5 Å². The molecular formula is CI2O3. The van der Waals surface area contributed by atoms with Gasteiger partial charge < -0.3 is 6.13 Å². The summed E-state index contributed by atoms with van der Waals surface area (Å²) in [6, 6.07) is 0. The molecule has 0 heterocycles. The lowest BCUT2D eigenvalue weighted by Gasteiger charge is -1.83. The molecule has 0 unspecified atom stereocenters. The second-order valence-corrected chi connectivity index (χ2v) is 1.29. The Morgan fingerprint density at radius 1 is 1.33 bits per heavy atom. The third-order valence-electron chi connectivity index (χ3n) is 0.126. The Hall–Kier alpha value is 0.730. The van der Waals surface area contributed by atoms with Gasteiger partial charge in [-0.1, -0.05) is 0 Å². The van der Waals surface area contributed by atoms with Gasteiger partial charge in [0.15, 0.2) is 46.0 Å². The number of rotatable bonds is 0. The Balaban J connectivity index is 2.99. The van der Waals surface area contributed by atoms with Gasteiger partial charge in [-0.15, -0.1) is 0 Å². The van der Waals surface area contributed by atoms with Crippen LogP contribution < -0.4 is 0 Å². The van der Waals surface area contributed by atoms with Gasteiger partial charge in [0.2, 0.25) is 0 Å². The average Bonchev–Trinajstić information content (AvgIpc) is 1.65. The SMILES string of the molecule is O=C(OI)OI. The van der Waals surface area contributed by atoms with E-state index in [1.165, 1.54) is 46.0 Å². The first-order valence-electron chi connectivity index (χ1n) is 0.921. The molecule has 0 N–H and O–H groups in total. The minimum Gasteiger partial charge on any atom is -0.363 e. The molecule has 0 aliphatic carbocycles. The summed E-state index contributed by atoms with van der Waals surface area (Å²) in [4.78, 5) is 9.72. The zero-order chi connectivity index (χ0) is 4.99. The molecule has 0 atom stereocenters. The number of carbonyl (C=O) groups is 1. The van der Waals surface area contributed by atoms with Crippen molar-refractivity contribution in [3.8, 4) is 0 Å². The van der Waals surface area contributed by atoms with Crippen LogP contribution in [0.5, 0.6) is 0 Å². The standard InChI is InChI=1S/CI2O3/c2-5-1(4)6-3. The highest BCUT2D eigenvalue weighted by molar-refractivity contribution is 14.1. The lowest BCUT2D eigenvalue weighted by molar-refractivity contribution is 0.183. The van der Waals surface area contributed by atoms with E-state index in [2.05, 4.69) is 6.13 Å². The zero-order valence-corrected chi connectivity index (χ0v) is 6.80. The minimum absolute atomic E-state index is 0.684. The van der Waals surface area contributed by atoms with Crippen molar-refractivity contribution in [3.63, 3.8) is 0 Å². The quantitative estimate of drug-likeness (QED) is 0.640. The summed E-state index contributed by atoms with van der Waals surface area (Å²) in [5.74, 6) is 0. The van der Waals surface area contributed by atoms with Crippen LogP contribution in [0.4, 0.5) is 4.79 Å². The molecule has 6 heavy (non-hydrogen) atoms. The van der Waals surface area contributed by atoms with Crippen LogP contribution in [0.2, 0.25) is 0 Å². The van der Waals surface area contributed by atoms with Crippen LogP contribution in [-0.4, -0.2) is 6.16 Å². The first-order valence-corrected chi connectivity index (χ1v) is 2.68. The van der Waals surface area contributed by atoms with Crippen molar-refractivity contribution < 1.29 is 10.9 Å². The molecule has 0 aromatic heterocycles. The Labute approximate surface area is 62.8 Å². The molecule has 3 nitrogen and oxygen atoms in total. The van der Waals surface area contributed by atoms with Crippen LogP contribution in [0.25, 0.3) is 0 Å². The summed E-state index contributed by atoms with van der Waals surface area (Å²) in [6.07, 6.45) is -0.684. The Kier molecular flexibility index (Phi) is 4.38. The van der Waals surface area contributed by atoms with Crippen molar-refractivity contribution in [2.24, 2.45) is 0 Å². The summed E-state index contributed by atoms with van der Waals surface area (Å²) < 4.78 is 8.00. The fourth-order valence-corrected chi connectivity index (χ4v) is 0.536. The molecule has 0 bridgehead atoms. The van der Waals surface area contributed by atoms with Crippen molar-refractivity contribution in [3.05, 3.63) is 0 Å². The molecule has 0 saturated carbocycles. The molecule has 0 rings (SSSR count). The fraction of sp³-hybridized carbons (Fsp3) is 0. The van der Waals surface area contributed by atoms with Crippen molar-refractivity contribution in [2.45, 2.75) is 0 Å². The van der Waals surface area contributed by atoms with Gasteiger partial charge in [0.1, 0.15) is 0 Å². The molecule has 0 spiro atoms. The third kappa shape index (κ3) is 2.94. The van der Waals surface area contributed by atoms with E-state index in [0.717, 1.165) is 0 Å². The van der Waals surface area contributed by atoms with E-state index in [0.29, 0.717) is 0 Å². The number of hydrogen-bond acceptors (Lipinski definition) is 3. The molecule has 0 amide bonds. The van der Waals surface area contributed by atoms with E-state index in [4.69, 9.17) is 0 Å². The summed E-state index contributed by atoms with van der Waals surface area (Å²) in [7, 11) is 0. The van der Waals surface area contributed by atoms with Crippen LogP contribution in [0.1, 0.15) is 0 Å². The van der Waals surface area contributed by atoms with E-state index in [9.17, 15) is 4.79 Å². The molecular weight excluding hydrogens is 314 g/mol. The molecule has 0 aromatic rings. The van der Waals surface area contributed by atoms with Gasteiger partial charge in [-0.25, -0.2) is 4.79 Å². The smallest absolute Gasteiger partial charge is 0.363 e. The fourth-order valence-electron chi connectivity index (χ4n) is 0.0119. The van der Waals surface area contributed by atoms with Crippen LogP contribution in [0.3, 0.4) is 0 Å². The third-order valence-corrected chi connectivity index (χ3v) is 0.845. The molecule has 5 heteroatoms. The maximum atomic E-state index is 9.72. The van der Waals surface area contributed by atoms with Gasteiger partial charge in [0, 0.05) is 0 Å². The monoisotopic (exact) mass is 314 g/mol. The second kappa shape index (κ2) is 3.90. The zero-order valence-electron chi connectivity index (χ0n) is 2.48. The molecule has 0 aliphatic heterocycles. The van der Waals surface area contributed by atoms with Crippen LogP contribution in [0.15, 0.2) is 0 Å². The van der Waals surface area contributed by atoms with E-state index in [-0.39, 0.29) is 0 Å². The predicted octanol–water partition coefficient (Wildman–Crippen LogP) is 1.84. The summed E-state index contributed by atoms with van der Waals surface area (Å²) in [5.41, 5.74) is 0. The van der Waals surface area contributed by atoms with E-state index < -0.39 is 6.16 Å². The predicted molar refractivity (Wildman–Crippen MR) is 35.6 cm³/mol. The lowest BCUT2D eigenvalue weighted by atomic mass is 11.5. The number of halogens is 2. The maximum absolute atomic E-state index is 9.72. The lowest BCUT2D eigenvalue weighted by Crippen LogP contribution is -1.87. The van der Waals surface area contributed by atoms with Gasteiger partial charge in [-0.3, -0.25) is 0 Å². The van der Waals surface area contributed by atoms with Gasteiger partial charge in [-0.05, 0) is 0 Å². The molecule has 0 aromatic carbocycles. The molecule has 0 saturated heterocycles. The van der Waals surface area contributed by atoms with E-state index >= 15 is 0 Å². The number of hydrogen-bond donors (Lipinski definition) is 0. The van der Waals surface area contributed by atoms with E-state index in [1.54, 1.807) is 0 Å². The minimum atomic E-state index is -0.684. The van der Waals surface area contributed by atoms with Gasteiger partial charge >= 0.3 is 6.16 Å². The van der Waals surface area contributed by atoms with Crippen LogP contribution >= 0.6 is 46.0 Å². The normalized spacial score (nSPS) is 7.00. The van der Waals surface area contributed by atoms with E-state index in [1.807, 2.05) is 0 Å². The summed E-state index contributed by atoms with van der Waals surface area (Å²) in [5, 5.41) is 0. The molecule has 0 radical (unpaired) electrons. The maximum Gasteiger partial charge on any atom is 0.527 e. The summed E-state index contributed by atoms with van der Waals surface area (Å²) in [6.45, 7) is 0. The van der Waals surface area contributed by atoms with Crippen molar-refractivity contribution in [2.75, 3.05) is 0 Å². The Morgan fingerprint density at radius 2 is 1.67 bits per heavy atom. The highest BCUT2D eigenvalue weighted by Crippen LogP contribution is 1.95. The molecule has 0 fully saturated rings. The molecule has 0 aliphatic rings. The summed E-state index contributed by atoms with van der Waals surface area (Å²) >= 11 is 2.87. The largest absolute Gasteiger partial charge is 0.527 e. The number of carbonyl (C=O) groups excluding carboxylic acids is 1. The second-order valence-electron chi connectivity index (χ2n) is 0.404. The first kappa shape index (κ1) is 6.73. The highest BCUT2D eigenvalue weighted by atomic mass is 127. The van der Waals surface area contributed by atoms with Crippen molar-refractivity contribution >= 4 is 52.2 Å². The van der Waals surface area contributed by atoms with Crippen molar-refractivity contribution in [1.82, 2.24) is 0 Å². The first-order chi connectivity index (χ1) is 2.81. The Morgan fingerprint density at radius 3 is 1.67 bits per heavy atom. The average molecular weight is 314 g/mol. The van der Waals surface area contributed by atoms with Gasteiger partial charge in [-0.2, -0.15) is 0 Å².